The van der Waals surface area contributed by atoms with Gasteiger partial charge in [0.15, 0.2) is 0 Å². The van der Waals surface area contributed by atoms with E-state index in [1.54, 1.807) is 6.92 Å². The molecule has 0 spiro atoms. The van der Waals surface area contributed by atoms with Crippen molar-refractivity contribution in [1.29, 1.82) is 0 Å². The third kappa shape index (κ3) is 2.18. The van der Waals surface area contributed by atoms with Crippen LogP contribution in [0.25, 0.3) is 11.3 Å². The van der Waals surface area contributed by atoms with E-state index in [1.807, 2.05) is 24.3 Å². The summed E-state index contributed by atoms with van der Waals surface area (Å²) in [5.41, 5.74) is 4.85. The van der Waals surface area contributed by atoms with Crippen molar-refractivity contribution in [1.82, 2.24) is 15.6 Å². The van der Waals surface area contributed by atoms with E-state index in [2.05, 4.69) is 38.2 Å². The Morgan fingerprint density at radius 3 is 2.82 bits per heavy atom. The second kappa shape index (κ2) is 4.84. The van der Waals surface area contributed by atoms with Crippen LogP contribution in [0.1, 0.15) is 16.1 Å². The van der Waals surface area contributed by atoms with Gasteiger partial charge in [0.1, 0.15) is 5.69 Å². The SMILES string of the molecule is Cc1[nH]nc(-c2ccccc2I)c1C(=O)NN. The van der Waals surface area contributed by atoms with Crippen LogP contribution < -0.4 is 11.3 Å². The largest absolute Gasteiger partial charge is 0.290 e. The van der Waals surface area contributed by atoms with E-state index in [4.69, 9.17) is 5.84 Å². The van der Waals surface area contributed by atoms with E-state index in [0.29, 0.717) is 17.0 Å². The molecule has 88 valence electrons. The number of carbonyl (C=O) groups excluding carboxylic acids is 1. The Morgan fingerprint density at radius 2 is 2.18 bits per heavy atom. The summed E-state index contributed by atoms with van der Waals surface area (Å²) in [5, 5.41) is 6.98. The first-order valence-electron chi connectivity index (χ1n) is 4.96. The number of carbonyl (C=O) groups is 1. The normalized spacial score (nSPS) is 10.3. The lowest BCUT2D eigenvalue weighted by Gasteiger charge is -2.04. The molecule has 1 aromatic carbocycles. The maximum atomic E-state index is 11.7. The smallest absolute Gasteiger partial charge is 0.269 e. The lowest BCUT2D eigenvalue weighted by atomic mass is 10.1. The Morgan fingerprint density at radius 1 is 1.47 bits per heavy atom. The summed E-state index contributed by atoms with van der Waals surface area (Å²) in [6, 6.07) is 7.73. The van der Waals surface area contributed by atoms with Gasteiger partial charge in [0.25, 0.3) is 5.91 Å². The maximum absolute atomic E-state index is 11.7. The molecule has 5 nitrogen and oxygen atoms in total. The lowest BCUT2D eigenvalue weighted by Crippen LogP contribution is -2.30. The summed E-state index contributed by atoms with van der Waals surface area (Å²) in [4.78, 5) is 11.7. The molecule has 0 radical (unpaired) electrons. The first-order chi connectivity index (χ1) is 8.15. The molecule has 1 heterocycles. The van der Waals surface area contributed by atoms with Crippen molar-refractivity contribution in [2.75, 3.05) is 0 Å². The summed E-state index contributed by atoms with van der Waals surface area (Å²) in [7, 11) is 0. The minimum absolute atomic E-state index is 0.342. The van der Waals surface area contributed by atoms with Gasteiger partial charge in [-0.3, -0.25) is 15.3 Å². The van der Waals surface area contributed by atoms with Gasteiger partial charge in [0, 0.05) is 14.8 Å². The van der Waals surface area contributed by atoms with Gasteiger partial charge in [-0.2, -0.15) is 5.10 Å². The summed E-state index contributed by atoms with van der Waals surface area (Å²) < 4.78 is 1.03. The van der Waals surface area contributed by atoms with Crippen LogP contribution in [0.4, 0.5) is 0 Å². The predicted octanol–water partition coefficient (Wildman–Crippen LogP) is 1.59. The molecule has 0 saturated carbocycles. The third-order valence-electron chi connectivity index (χ3n) is 2.43. The van der Waals surface area contributed by atoms with Crippen molar-refractivity contribution in [3.8, 4) is 11.3 Å². The quantitative estimate of drug-likeness (QED) is 0.335. The van der Waals surface area contributed by atoms with Crippen LogP contribution in [0.2, 0.25) is 0 Å². The molecular weight excluding hydrogens is 331 g/mol. The number of nitrogens with two attached hydrogens (primary N) is 1. The molecule has 17 heavy (non-hydrogen) atoms. The summed E-state index contributed by atoms with van der Waals surface area (Å²) in [5.74, 6) is 4.83. The van der Waals surface area contributed by atoms with Gasteiger partial charge in [-0.05, 0) is 35.6 Å². The molecule has 1 aromatic heterocycles. The van der Waals surface area contributed by atoms with E-state index >= 15 is 0 Å². The topological polar surface area (TPSA) is 83.8 Å². The zero-order chi connectivity index (χ0) is 12.4. The first-order valence-corrected chi connectivity index (χ1v) is 6.04. The van der Waals surface area contributed by atoms with Crippen molar-refractivity contribution in [3.63, 3.8) is 0 Å². The monoisotopic (exact) mass is 342 g/mol. The number of H-pyrrole nitrogens is 1. The molecule has 2 rings (SSSR count). The molecule has 0 unspecified atom stereocenters. The molecule has 0 aliphatic rings. The highest BCUT2D eigenvalue weighted by Gasteiger charge is 2.19. The number of amides is 1. The fourth-order valence-corrected chi connectivity index (χ4v) is 2.27. The van der Waals surface area contributed by atoms with Crippen LogP contribution in [-0.4, -0.2) is 16.1 Å². The molecular formula is C11H11IN4O. The van der Waals surface area contributed by atoms with Gasteiger partial charge in [-0.1, -0.05) is 18.2 Å². The standard InChI is InChI=1S/C11H11IN4O/c1-6-9(11(17)14-13)10(16-15-6)7-4-2-3-5-8(7)12/h2-5H,13H2,1H3,(H,14,17)(H,15,16). The molecule has 0 saturated heterocycles. The number of benzene rings is 1. The average Bonchev–Trinajstić information content (AvgIpc) is 2.71. The molecule has 4 N–H and O–H groups in total. The predicted molar refractivity (Wildman–Crippen MR) is 73.1 cm³/mol. The molecule has 0 bridgehead atoms. The van der Waals surface area contributed by atoms with Crippen LogP contribution >= 0.6 is 22.6 Å². The highest BCUT2D eigenvalue weighted by molar-refractivity contribution is 14.1. The van der Waals surface area contributed by atoms with Crippen LogP contribution in [0.3, 0.4) is 0 Å². The van der Waals surface area contributed by atoms with Gasteiger partial charge in [0.2, 0.25) is 0 Å². The number of aromatic nitrogens is 2. The van der Waals surface area contributed by atoms with Crippen molar-refractivity contribution >= 4 is 28.5 Å². The highest BCUT2D eigenvalue weighted by Crippen LogP contribution is 2.27. The zero-order valence-electron chi connectivity index (χ0n) is 9.12. The van der Waals surface area contributed by atoms with Crippen molar-refractivity contribution in [2.45, 2.75) is 6.92 Å². The molecule has 0 aliphatic heterocycles. The summed E-state index contributed by atoms with van der Waals surface area (Å²) in [6.45, 7) is 1.79. The molecule has 0 aliphatic carbocycles. The number of hydrogen-bond acceptors (Lipinski definition) is 3. The Kier molecular flexibility index (Phi) is 3.43. The van der Waals surface area contributed by atoms with Crippen LogP contribution in [-0.2, 0) is 0 Å². The second-order valence-electron chi connectivity index (χ2n) is 3.53. The average molecular weight is 342 g/mol. The van der Waals surface area contributed by atoms with E-state index in [0.717, 1.165) is 9.13 Å². The van der Waals surface area contributed by atoms with Gasteiger partial charge in [-0.25, -0.2) is 5.84 Å². The van der Waals surface area contributed by atoms with Crippen LogP contribution in [0.15, 0.2) is 24.3 Å². The number of aryl methyl sites for hydroxylation is 1. The highest BCUT2D eigenvalue weighted by atomic mass is 127. The Bertz CT molecular complexity index is 564. The van der Waals surface area contributed by atoms with E-state index in [1.165, 1.54) is 0 Å². The lowest BCUT2D eigenvalue weighted by molar-refractivity contribution is 0.0954. The molecule has 6 heteroatoms. The minimum Gasteiger partial charge on any atom is -0.290 e. The summed E-state index contributed by atoms with van der Waals surface area (Å²) >= 11 is 2.21. The third-order valence-corrected chi connectivity index (χ3v) is 3.38. The van der Waals surface area contributed by atoms with Gasteiger partial charge in [-0.15, -0.1) is 0 Å². The number of nitrogens with one attached hydrogen (secondary N) is 2. The van der Waals surface area contributed by atoms with Crippen LogP contribution in [0.5, 0.6) is 0 Å². The van der Waals surface area contributed by atoms with Crippen molar-refractivity contribution in [3.05, 3.63) is 39.1 Å². The second-order valence-corrected chi connectivity index (χ2v) is 4.69. The number of rotatable bonds is 2. The number of nitrogens with zero attached hydrogens (tertiary/aromatic N) is 1. The Balaban J connectivity index is 2.61. The number of halogens is 1. The minimum atomic E-state index is -0.342. The van der Waals surface area contributed by atoms with Crippen molar-refractivity contribution < 1.29 is 4.79 Å². The zero-order valence-corrected chi connectivity index (χ0v) is 11.3. The molecule has 0 fully saturated rings. The Hall–Kier alpha value is -1.41. The fraction of sp³-hybridized carbons (Fsp3) is 0.0909. The number of hydrazine groups is 1. The first kappa shape index (κ1) is 12.1. The summed E-state index contributed by atoms with van der Waals surface area (Å²) in [6.07, 6.45) is 0. The Labute approximate surface area is 112 Å². The van der Waals surface area contributed by atoms with E-state index in [-0.39, 0.29) is 5.91 Å². The molecule has 1 amide bonds. The van der Waals surface area contributed by atoms with Gasteiger partial charge in [0.05, 0.1) is 5.56 Å². The molecule has 0 atom stereocenters. The number of nitrogen functional groups attached to an aromatic ring is 1. The van der Waals surface area contributed by atoms with Crippen molar-refractivity contribution in [2.24, 2.45) is 5.84 Å². The maximum Gasteiger partial charge on any atom is 0.269 e. The fourth-order valence-electron chi connectivity index (χ4n) is 1.63. The van der Waals surface area contributed by atoms with E-state index in [9.17, 15) is 4.79 Å². The number of hydrogen-bond donors (Lipinski definition) is 3. The molecule has 2 aromatic rings. The number of aromatic amines is 1. The van der Waals surface area contributed by atoms with Crippen LogP contribution in [0, 0.1) is 10.5 Å². The van der Waals surface area contributed by atoms with Gasteiger partial charge < -0.3 is 0 Å². The van der Waals surface area contributed by atoms with Gasteiger partial charge >= 0.3 is 0 Å². The van der Waals surface area contributed by atoms with E-state index < -0.39 is 0 Å².